The molecule has 0 aliphatic heterocycles. The minimum atomic E-state index is -0.687. The Bertz CT molecular complexity index is 434. The van der Waals surface area contributed by atoms with E-state index in [9.17, 15) is 4.79 Å². The number of benzene rings is 1. The van der Waals surface area contributed by atoms with E-state index in [2.05, 4.69) is 5.16 Å². The Hall–Kier alpha value is -2.08. The predicted octanol–water partition coefficient (Wildman–Crippen LogP) is 0.969. The maximum atomic E-state index is 12.4. The van der Waals surface area contributed by atoms with Gasteiger partial charge in [-0.05, 0) is 12.5 Å². The summed E-state index contributed by atoms with van der Waals surface area (Å²) in [5.41, 5.74) is 6.20. The summed E-state index contributed by atoms with van der Waals surface area (Å²) in [5, 5.41) is 11.4. The van der Waals surface area contributed by atoms with Gasteiger partial charge in [-0.1, -0.05) is 35.5 Å². The highest BCUT2D eigenvalue weighted by Crippen LogP contribution is 2.18. The highest BCUT2D eigenvalue weighted by molar-refractivity contribution is 5.89. The molecule has 0 fully saturated rings. The molecule has 1 aromatic carbocycles. The van der Waals surface area contributed by atoms with E-state index < -0.39 is 6.10 Å². The predicted molar refractivity (Wildman–Crippen MR) is 71.9 cm³/mol. The van der Waals surface area contributed by atoms with Gasteiger partial charge >= 0.3 is 0 Å². The van der Waals surface area contributed by atoms with Gasteiger partial charge in [0.1, 0.15) is 0 Å². The number of ether oxygens (including phenoxy) is 1. The summed E-state index contributed by atoms with van der Waals surface area (Å²) in [6, 6.07) is 9.20. The normalized spacial score (nSPS) is 13.1. The molecular formula is C13H19N3O3. The van der Waals surface area contributed by atoms with Gasteiger partial charge in [0.2, 0.25) is 0 Å². The van der Waals surface area contributed by atoms with E-state index in [1.54, 1.807) is 0 Å². The number of carbonyl (C=O) groups is 1. The Kier molecular flexibility index (Phi) is 5.81. The number of likely N-dealkylation sites (N-methyl/N-ethyl adjacent to an activating group) is 1. The van der Waals surface area contributed by atoms with Gasteiger partial charge in [0.25, 0.3) is 5.91 Å². The van der Waals surface area contributed by atoms with Crippen LogP contribution in [0.4, 0.5) is 0 Å². The largest absolute Gasteiger partial charge is 0.409 e. The van der Waals surface area contributed by atoms with E-state index in [1.807, 2.05) is 37.3 Å². The van der Waals surface area contributed by atoms with Crippen LogP contribution < -0.4 is 5.73 Å². The number of nitrogens with zero attached hydrogens (tertiary/aromatic N) is 2. The highest BCUT2D eigenvalue weighted by Gasteiger charge is 2.25. The van der Waals surface area contributed by atoms with Crippen molar-refractivity contribution >= 4 is 11.7 Å². The van der Waals surface area contributed by atoms with Crippen molar-refractivity contribution in [1.29, 1.82) is 0 Å². The van der Waals surface area contributed by atoms with E-state index in [0.717, 1.165) is 5.56 Å². The number of methoxy groups -OCH3 is 1. The number of hydrogen-bond donors (Lipinski definition) is 2. The molecule has 0 spiro atoms. The second-order valence-electron chi connectivity index (χ2n) is 3.97. The molecule has 1 atom stereocenters. The quantitative estimate of drug-likeness (QED) is 0.347. The Labute approximate surface area is 112 Å². The molecule has 6 nitrogen and oxygen atoms in total. The topological polar surface area (TPSA) is 88.1 Å². The van der Waals surface area contributed by atoms with E-state index in [0.29, 0.717) is 6.54 Å². The zero-order valence-electron chi connectivity index (χ0n) is 11.1. The molecule has 0 aliphatic rings. The lowest BCUT2D eigenvalue weighted by Crippen LogP contribution is -2.41. The van der Waals surface area contributed by atoms with Crippen molar-refractivity contribution in [1.82, 2.24) is 4.90 Å². The van der Waals surface area contributed by atoms with E-state index >= 15 is 0 Å². The van der Waals surface area contributed by atoms with Crippen molar-refractivity contribution in [3.05, 3.63) is 35.9 Å². The van der Waals surface area contributed by atoms with Gasteiger partial charge in [0, 0.05) is 13.7 Å². The zero-order chi connectivity index (χ0) is 14.3. The summed E-state index contributed by atoms with van der Waals surface area (Å²) in [5.74, 6) is -0.235. The molecule has 6 heteroatoms. The Morgan fingerprint density at radius 3 is 2.58 bits per heavy atom. The van der Waals surface area contributed by atoms with Crippen LogP contribution in [-0.4, -0.2) is 42.0 Å². The van der Waals surface area contributed by atoms with Crippen LogP contribution in [0.5, 0.6) is 0 Å². The lowest BCUT2D eigenvalue weighted by molar-refractivity contribution is -0.141. The fraction of sp³-hybridized carbons (Fsp3) is 0.385. The Morgan fingerprint density at radius 1 is 1.47 bits per heavy atom. The second kappa shape index (κ2) is 7.38. The van der Waals surface area contributed by atoms with E-state index in [-0.39, 0.29) is 18.3 Å². The lowest BCUT2D eigenvalue weighted by atomic mass is 10.1. The zero-order valence-corrected chi connectivity index (χ0v) is 11.1. The monoisotopic (exact) mass is 265 g/mol. The summed E-state index contributed by atoms with van der Waals surface area (Å²) >= 11 is 0. The number of amides is 1. The maximum Gasteiger partial charge on any atom is 0.256 e. The molecule has 1 aromatic rings. The summed E-state index contributed by atoms with van der Waals surface area (Å²) in [6.07, 6.45) is -0.687. The average molecular weight is 265 g/mol. The molecule has 0 saturated heterocycles. The fourth-order valence-corrected chi connectivity index (χ4v) is 1.75. The molecule has 1 unspecified atom stereocenters. The van der Waals surface area contributed by atoms with Crippen LogP contribution in [0.25, 0.3) is 0 Å². The lowest BCUT2D eigenvalue weighted by Gasteiger charge is -2.25. The van der Waals surface area contributed by atoms with Crippen LogP contribution in [0.2, 0.25) is 0 Å². The van der Waals surface area contributed by atoms with Gasteiger partial charge in [-0.3, -0.25) is 4.79 Å². The third kappa shape index (κ3) is 3.96. The van der Waals surface area contributed by atoms with Gasteiger partial charge in [-0.25, -0.2) is 0 Å². The maximum absolute atomic E-state index is 12.4. The number of amidine groups is 1. The van der Waals surface area contributed by atoms with Crippen LogP contribution in [-0.2, 0) is 9.53 Å². The van der Waals surface area contributed by atoms with Crippen LogP contribution >= 0.6 is 0 Å². The number of oxime groups is 1. The Balaban J connectivity index is 2.88. The first-order chi connectivity index (χ1) is 9.13. The molecule has 0 aromatic heterocycles. The number of hydrogen-bond acceptors (Lipinski definition) is 4. The van der Waals surface area contributed by atoms with Crippen molar-refractivity contribution in [3.8, 4) is 0 Å². The minimum absolute atomic E-state index is 0.0156. The van der Waals surface area contributed by atoms with Gasteiger partial charge in [-0.15, -0.1) is 0 Å². The number of carbonyl (C=O) groups excluding carboxylic acids is 1. The average Bonchev–Trinajstić information content (AvgIpc) is 2.46. The van der Waals surface area contributed by atoms with Crippen molar-refractivity contribution < 1.29 is 14.7 Å². The molecule has 0 saturated carbocycles. The van der Waals surface area contributed by atoms with Crippen LogP contribution in [0.3, 0.4) is 0 Å². The summed E-state index contributed by atoms with van der Waals surface area (Å²) in [6.45, 7) is 2.33. The first kappa shape index (κ1) is 15.0. The van der Waals surface area contributed by atoms with Gasteiger partial charge in [-0.2, -0.15) is 0 Å². The van der Waals surface area contributed by atoms with Crippen molar-refractivity contribution in [2.75, 3.05) is 20.2 Å². The first-order valence-electron chi connectivity index (χ1n) is 5.97. The molecule has 0 radical (unpaired) electrons. The third-order valence-corrected chi connectivity index (χ3v) is 2.74. The molecule has 1 rings (SSSR count). The van der Waals surface area contributed by atoms with Crippen LogP contribution in [0.1, 0.15) is 18.6 Å². The Morgan fingerprint density at radius 2 is 2.11 bits per heavy atom. The van der Waals surface area contributed by atoms with Gasteiger partial charge < -0.3 is 20.6 Å². The molecule has 1 amide bonds. The van der Waals surface area contributed by atoms with Gasteiger partial charge in [0.15, 0.2) is 11.9 Å². The van der Waals surface area contributed by atoms with Crippen LogP contribution in [0, 0.1) is 0 Å². The second-order valence-corrected chi connectivity index (χ2v) is 3.97. The molecule has 19 heavy (non-hydrogen) atoms. The standard InChI is InChI=1S/C13H19N3O3/c1-3-16(9-11(14)15-18)13(17)12(19-2)10-7-5-4-6-8-10/h4-8,12,18H,3,9H2,1-2H3,(H2,14,15). The number of rotatable bonds is 6. The van der Waals surface area contributed by atoms with E-state index in [4.69, 9.17) is 15.7 Å². The molecular weight excluding hydrogens is 246 g/mol. The van der Waals surface area contributed by atoms with Gasteiger partial charge in [0.05, 0.1) is 6.54 Å². The summed E-state index contributed by atoms with van der Waals surface area (Å²) < 4.78 is 5.26. The number of nitrogens with two attached hydrogens (primary N) is 1. The third-order valence-electron chi connectivity index (χ3n) is 2.74. The van der Waals surface area contributed by atoms with E-state index in [1.165, 1.54) is 12.0 Å². The van der Waals surface area contributed by atoms with Crippen LogP contribution in [0.15, 0.2) is 35.5 Å². The fourth-order valence-electron chi connectivity index (χ4n) is 1.75. The molecule has 0 heterocycles. The minimum Gasteiger partial charge on any atom is -0.409 e. The molecule has 0 bridgehead atoms. The van der Waals surface area contributed by atoms with Crippen molar-refractivity contribution in [2.45, 2.75) is 13.0 Å². The molecule has 3 N–H and O–H groups in total. The highest BCUT2D eigenvalue weighted by atomic mass is 16.5. The SMILES string of the molecule is CCN(CC(N)=NO)C(=O)C(OC)c1ccccc1. The van der Waals surface area contributed by atoms with Crippen molar-refractivity contribution in [3.63, 3.8) is 0 Å². The smallest absolute Gasteiger partial charge is 0.256 e. The molecule has 0 aliphatic carbocycles. The molecule has 104 valence electrons. The first-order valence-corrected chi connectivity index (χ1v) is 5.97. The summed E-state index contributed by atoms with van der Waals surface area (Å²) in [4.78, 5) is 13.8. The van der Waals surface area contributed by atoms with Crippen molar-refractivity contribution in [2.24, 2.45) is 10.9 Å². The summed E-state index contributed by atoms with van der Waals surface area (Å²) in [7, 11) is 1.48.